The predicted molar refractivity (Wildman–Crippen MR) is 65.9 cm³/mol. The zero-order chi connectivity index (χ0) is 12.6. The first-order valence-corrected chi connectivity index (χ1v) is 5.85. The molecule has 1 nitrogen and oxygen atoms in total. The molecule has 94 valence electrons. The summed E-state index contributed by atoms with van der Waals surface area (Å²) in [5, 5.41) is 0. The maximum Gasteiger partial charge on any atom is 0.120 e. The quantitative estimate of drug-likeness (QED) is 0.652. The molecule has 0 aromatic heterocycles. The first kappa shape index (κ1) is 15.3. The fourth-order valence-electron chi connectivity index (χ4n) is 1.29. The van der Waals surface area contributed by atoms with Crippen LogP contribution in [0.4, 0.5) is 8.78 Å². The van der Waals surface area contributed by atoms with Crippen LogP contribution in [0.15, 0.2) is 24.6 Å². The molecular formula is C13H23F2N. The fraction of sp³-hybridized carbons (Fsp3) is 0.692. The summed E-state index contributed by atoms with van der Waals surface area (Å²) in [6, 6.07) is 0.532. The average molecular weight is 231 g/mol. The lowest BCUT2D eigenvalue weighted by molar-refractivity contribution is 0.229. The summed E-state index contributed by atoms with van der Waals surface area (Å²) < 4.78 is 24.0. The molecule has 0 saturated carbocycles. The fourth-order valence-corrected chi connectivity index (χ4v) is 1.29. The van der Waals surface area contributed by atoms with Gasteiger partial charge in [0, 0.05) is 19.1 Å². The van der Waals surface area contributed by atoms with Gasteiger partial charge in [-0.2, -0.15) is 0 Å². The van der Waals surface area contributed by atoms with Gasteiger partial charge in [-0.05, 0) is 26.7 Å². The Bertz CT molecular complexity index is 224. The van der Waals surface area contributed by atoms with E-state index in [1.54, 1.807) is 13.0 Å². The highest BCUT2D eigenvalue weighted by atomic mass is 19.1. The van der Waals surface area contributed by atoms with E-state index in [9.17, 15) is 8.78 Å². The van der Waals surface area contributed by atoms with E-state index in [4.69, 9.17) is 0 Å². The van der Waals surface area contributed by atoms with Crippen molar-refractivity contribution in [3.05, 3.63) is 24.6 Å². The van der Waals surface area contributed by atoms with Gasteiger partial charge in [0.1, 0.15) is 6.17 Å². The van der Waals surface area contributed by atoms with E-state index in [0.717, 1.165) is 13.1 Å². The smallest absolute Gasteiger partial charge is 0.120 e. The van der Waals surface area contributed by atoms with Crippen molar-refractivity contribution >= 4 is 0 Å². The molecule has 0 aliphatic carbocycles. The summed E-state index contributed by atoms with van der Waals surface area (Å²) in [5.41, 5.74) is 0. The van der Waals surface area contributed by atoms with Gasteiger partial charge in [-0.3, -0.25) is 4.90 Å². The minimum absolute atomic E-state index is 0.245. The van der Waals surface area contributed by atoms with Crippen molar-refractivity contribution < 1.29 is 8.78 Å². The van der Waals surface area contributed by atoms with E-state index < -0.39 is 6.17 Å². The van der Waals surface area contributed by atoms with Crippen LogP contribution >= 0.6 is 0 Å². The lowest BCUT2D eigenvalue weighted by Gasteiger charge is -2.23. The van der Waals surface area contributed by atoms with Crippen LogP contribution in [0.5, 0.6) is 0 Å². The van der Waals surface area contributed by atoms with Crippen LogP contribution in [-0.4, -0.2) is 30.2 Å². The molecule has 1 rings (SSSR count). The van der Waals surface area contributed by atoms with E-state index in [1.807, 2.05) is 6.08 Å². The van der Waals surface area contributed by atoms with Crippen molar-refractivity contribution in [2.45, 2.75) is 45.8 Å². The van der Waals surface area contributed by atoms with Crippen molar-refractivity contribution in [3.8, 4) is 0 Å². The van der Waals surface area contributed by atoms with Gasteiger partial charge >= 0.3 is 0 Å². The topological polar surface area (TPSA) is 3.24 Å². The first-order chi connectivity index (χ1) is 7.47. The number of nitrogens with zero attached hydrogens (tertiary/aromatic N) is 1. The van der Waals surface area contributed by atoms with Crippen molar-refractivity contribution in [2.75, 3.05) is 13.1 Å². The summed E-state index contributed by atoms with van der Waals surface area (Å²) in [6.45, 7) is 10.8. The minimum Gasteiger partial charge on any atom is -0.297 e. The molecule has 16 heavy (non-hydrogen) atoms. The molecule has 1 aliphatic rings. The Morgan fingerprint density at radius 1 is 1.56 bits per heavy atom. The zero-order valence-electron chi connectivity index (χ0n) is 10.5. The van der Waals surface area contributed by atoms with Crippen LogP contribution in [0, 0.1) is 0 Å². The Morgan fingerprint density at radius 3 is 2.56 bits per heavy atom. The Labute approximate surface area is 97.8 Å². The van der Waals surface area contributed by atoms with Crippen LogP contribution in [0.3, 0.4) is 0 Å². The zero-order valence-corrected chi connectivity index (χ0v) is 10.5. The van der Waals surface area contributed by atoms with Gasteiger partial charge in [-0.15, -0.1) is 0 Å². The highest BCUT2D eigenvalue weighted by Crippen LogP contribution is 2.09. The molecule has 1 atom stereocenters. The van der Waals surface area contributed by atoms with Crippen molar-refractivity contribution in [2.24, 2.45) is 0 Å². The molecule has 0 bridgehead atoms. The summed E-state index contributed by atoms with van der Waals surface area (Å²) in [6.07, 6.45) is 3.97. The van der Waals surface area contributed by atoms with Gasteiger partial charge in [0.05, 0.1) is 5.83 Å². The number of halogens is 2. The molecule has 0 fully saturated rings. The SMILES string of the molecule is C=C(F)CC.CC(C)N1CC=CC(F)CC1. The van der Waals surface area contributed by atoms with Gasteiger partial charge in [-0.25, -0.2) is 8.78 Å². The van der Waals surface area contributed by atoms with Crippen LogP contribution in [0.25, 0.3) is 0 Å². The third-order valence-electron chi connectivity index (χ3n) is 2.49. The molecule has 0 aromatic rings. The van der Waals surface area contributed by atoms with Gasteiger partial charge < -0.3 is 0 Å². The first-order valence-electron chi connectivity index (χ1n) is 5.85. The summed E-state index contributed by atoms with van der Waals surface area (Å²) in [4.78, 5) is 2.27. The largest absolute Gasteiger partial charge is 0.297 e. The molecule has 0 radical (unpaired) electrons. The van der Waals surface area contributed by atoms with Crippen LogP contribution in [0.1, 0.15) is 33.6 Å². The number of alkyl halides is 1. The third-order valence-corrected chi connectivity index (χ3v) is 2.49. The predicted octanol–water partition coefficient (Wildman–Crippen LogP) is 3.87. The monoisotopic (exact) mass is 231 g/mol. The average Bonchev–Trinajstić information content (AvgIpc) is 2.44. The molecule has 3 heteroatoms. The molecule has 0 amide bonds. The van der Waals surface area contributed by atoms with Gasteiger partial charge in [0.15, 0.2) is 0 Å². The van der Waals surface area contributed by atoms with Gasteiger partial charge in [-0.1, -0.05) is 25.7 Å². The number of allylic oxidation sites excluding steroid dienone is 2. The summed E-state index contributed by atoms with van der Waals surface area (Å²) in [5.74, 6) is -0.245. The lowest BCUT2D eigenvalue weighted by Crippen LogP contribution is -2.31. The normalized spacial score (nSPS) is 21.2. The van der Waals surface area contributed by atoms with E-state index >= 15 is 0 Å². The van der Waals surface area contributed by atoms with Crippen molar-refractivity contribution in [3.63, 3.8) is 0 Å². The number of rotatable bonds is 2. The van der Waals surface area contributed by atoms with E-state index in [0.29, 0.717) is 18.9 Å². The lowest BCUT2D eigenvalue weighted by atomic mass is 10.2. The molecule has 0 N–H and O–H groups in total. The van der Waals surface area contributed by atoms with E-state index in [2.05, 4.69) is 25.3 Å². The van der Waals surface area contributed by atoms with Crippen LogP contribution in [-0.2, 0) is 0 Å². The van der Waals surface area contributed by atoms with Crippen molar-refractivity contribution in [1.82, 2.24) is 4.90 Å². The Balaban J connectivity index is 0.000000385. The maximum atomic E-state index is 12.8. The van der Waals surface area contributed by atoms with Gasteiger partial charge in [0.2, 0.25) is 0 Å². The molecule has 1 unspecified atom stereocenters. The van der Waals surface area contributed by atoms with Gasteiger partial charge in [0.25, 0.3) is 0 Å². The molecule has 0 spiro atoms. The molecule has 0 saturated heterocycles. The standard InChI is InChI=1S/C9H16FN.C4H7F/c1-8(2)11-6-3-4-9(10)5-7-11;1-3-4(2)5/h3-4,8-9H,5-7H2,1-2H3;2-3H2,1H3. The molecule has 1 heterocycles. The summed E-state index contributed by atoms with van der Waals surface area (Å²) >= 11 is 0. The second kappa shape index (κ2) is 8.45. The maximum absolute atomic E-state index is 12.8. The molecule has 1 aliphatic heterocycles. The van der Waals surface area contributed by atoms with Crippen LogP contribution in [0.2, 0.25) is 0 Å². The Kier molecular flexibility index (Phi) is 8.08. The number of hydrogen-bond donors (Lipinski definition) is 0. The van der Waals surface area contributed by atoms with E-state index in [-0.39, 0.29) is 5.83 Å². The number of hydrogen-bond acceptors (Lipinski definition) is 1. The second-order valence-electron chi connectivity index (χ2n) is 4.19. The highest BCUT2D eigenvalue weighted by Gasteiger charge is 2.13. The second-order valence-corrected chi connectivity index (χ2v) is 4.19. The Hall–Kier alpha value is -0.700. The van der Waals surface area contributed by atoms with Crippen LogP contribution < -0.4 is 0 Å². The summed E-state index contributed by atoms with van der Waals surface area (Å²) in [7, 11) is 0. The van der Waals surface area contributed by atoms with E-state index in [1.165, 1.54) is 0 Å². The molecule has 0 aromatic carbocycles. The third kappa shape index (κ3) is 7.57. The Morgan fingerprint density at radius 2 is 2.12 bits per heavy atom. The van der Waals surface area contributed by atoms with Crippen molar-refractivity contribution in [1.29, 1.82) is 0 Å². The highest BCUT2D eigenvalue weighted by molar-refractivity contribution is 4.95. The molecular weight excluding hydrogens is 208 g/mol. The minimum atomic E-state index is -0.723.